The predicted molar refractivity (Wildman–Crippen MR) is 112 cm³/mol. The van der Waals surface area contributed by atoms with Crippen molar-refractivity contribution in [2.45, 2.75) is 31.7 Å². The van der Waals surface area contributed by atoms with Crippen molar-refractivity contribution < 1.29 is 4.39 Å². The van der Waals surface area contributed by atoms with Gasteiger partial charge in [-0.15, -0.1) is 24.0 Å². The molecular formula is C18H27ClFIN4. The van der Waals surface area contributed by atoms with Gasteiger partial charge < -0.3 is 10.6 Å². The van der Waals surface area contributed by atoms with Crippen LogP contribution in [-0.4, -0.2) is 49.0 Å². The van der Waals surface area contributed by atoms with E-state index in [1.165, 1.54) is 19.3 Å². The minimum Gasteiger partial charge on any atom is -0.370 e. The quantitative estimate of drug-likeness (QED) is 0.406. The molecule has 0 aliphatic carbocycles. The van der Waals surface area contributed by atoms with Gasteiger partial charge in [-0.25, -0.2) is 4.39 Å². The Hall–Kier alpha value is -0.600. The van der Waals surface area contributed by atoms with Gasteiger partial charge in [0.2, 0.25) is 0 Å². The molecule has 4 nitrogen and oxygen atoms in total. The molecule has 2 atom stereocenters. The highest BCUT2D eigenvalue weighted by molar-refractivity contribution is 14.0. The Morgan fingerprint density at radius 2 is 2.00 bits per heavy atom. The van der Waals surface area contributed by atoms with Gasteiger partial charge in [-0.05, 0) is 62.9 Å². The Bertz CT molecular complexity index is 607. The van der Waals surface area contributed by atoms with E-state index in [0.29, 0.717) is 18.4 Å². The summed E-state index contributed by atoms with van der Waals surface area (Å²) in [6, 6.07) is 5.28. The van der Waals surface area contributed by atoms with Crippen LogP contribution in [0.25, 0.3) is 0 Å². The van der Waals surface area contributed by atoms with Crippen molar-refractivity contribution in [1.82, 2.24) is 9.80 Å². The monoisotopic (exact) mass is 480 g/mol. The summed E-state index contributed by atoms with van der Waals surface area (Å²) in [5, 5.41) is 0.170. The number of nitrogens with zero attached hydrogens (tertiary/aromatic N) is 3. The van der Waals surface area contributed by atoms with Gasteiger partial charge >= 0.3 is 0 Å². The summed E-state index contributed by atoms with van der Waals surface area (Å²) in [6.45, 7) is 3.68. The SMILES string of the molecule is CN1CCC(CN=C(N)N2CCCCC2)C1c1ccc(Cl)c(F)c1.I. The van der Waals surface area contributed by atoms with E-state index in [1.807, 2.05) is 6.07 Å². The molecule has 2 unspecified atom stereocenters. The maximum Gasteiger partial charge on any atom is 0.191 e. The largest absolute Gasteiger partial charge is 0.370 e. The maximum atomic E-state index is 13.8. The molecule has 1 aromatic carbocycles. The van der Waals surface area contributed by atoms with Crippen molar-refractivity contribution in [3.8, 4) is 0 Å². The molecular weight excluding hydrogens is 454 g/mol. The summed E-state index contributed by atoms with van der Waals surface area (Å²) in [5.41, 5.74) is 7.14. The van der Waals surface area contributed by atoms with E-state index in [2.05, 4.69) is 21.8 Å². The molecule has 2 fully saturated rings. The Balaban J connectivity index is 0.00000225. The maximum absolute atomic E-state index is 13.8. The van der Waals surface area contributed by atoms with Crippen LogP contribution < -0.4 is 5.73 Å². The second kappa shape index (κ2) is 9.37. The van der Waals surface area contributed by atoms with Gasteiger partial charge in [-0.3, -0.25) is 9.89 Å². The van der Waals surface area contributed by atoms with Crippen LogP contribution in [-0.2, 0) is 0 Å². The third-order valence-electron chi connectivity index (χ3n) is 5.23. The molecule has 0 spiro atoms. The summed E-state index contributed by atoms with van der Waals surface area (Å²) in [4.78, 5) is 9.10. The van der Waals surface area contributed by atoms with Crippen LogP contribution in [0.5, 0.6) is 0 Å². The lowest BCUT2D eigenvalue weighted by molar-refractivity contribution is 0.278. The fourth-order valence-corrected chi connectivity index (χ4v) is 3.99. The Labute approximate surface area is 171 Å². The highest BCUT2D eigenvalue weighted by Gasteiger charge is 2.33. The second-order valence-corrected chi connectivity index (χ2v) is 7.30. The Morgan fingerprint density at radius 3 is 2.68 bits per heavy atom. The van der Waals surface area contributed by atoms with Gasteiger partial charge in [0.25, 0.3) is 0 Å². The van der Waals surface area contributed by atoms with Gasteiger partial charge in [-0.2, -0.15) is 0 Å². The number of hydrogen-bond donors (Lipinski definition) is 1. The molecule has 0 amide bonds. The van der Waals surface area contributed by atoms with Gasteiger partial charge in [-0.1, -0.05) is 17.7 Å². The molecule has 25 heavy (non-hydrogen) atoms. The molecule has 2 aliphatic rings. The molecule has 0 bridgehead atoms. The second-order valence-electron chi connectivity index (χ2n) is 6.89. The van der Waals surface area contributed by atoms with Gasteiger partial charge in [0, 0.05) is 25.7 Å². The number of guanidine groups is 1. The smallest absolute Gasteiger partial charge is 0.191 e. The molecule has 0 radical (unpaired) electrons. The van der Waals surface area contributed by atoms with Crippen molar-refractivity contribution in [3.05, 3.63) is 34.6 Å². The van der Waals surface area contributed by atoms with E-state index in [-0.39, 0.29) is 40.9 Å². The number of nitrogens with two attached hydrogens (primary N) is 1. The van der Waals surface area contributed by atoms with Gasteiger partial charge in [0.1, 0.15) is 5.82 Å². The lowest BCUT2D eigenvalue weighted by Gasteiger charge is -2.28. The fourth-order valence-electron chi connectivity index (χ4n) is 3.87. The molecule has 0 aromatic heterocycles. The van der Waals surface area contributed by atoms with E-state index in [4.69, 9.17) is 17.3 Å². The predicted octanol–water partition coefficient (Wildman–Crippen LogP) is 3.89. The summed E-state index contributed by atoms with van der Waals surface area (Å²) in [6.07, 6.45) is 4.70. The van der Waals surface area contributed by atoms with Gasteiger partial charge in [0.05, 0.1) is 5.02 Å². The summed E-state index contributed by atoms with van der Waals surface area (Å²) < 4.78 is 13.8. The van der Waals surface area contributed by atoms with Crippen molar-refractivity contribution in [2.75, 3.05) is 33.2 Å². The highest BCUT2D eigenvalue weighted by Crippen LogP contribution is 2.37. The number of aliphatic imine (C=N–C) groups is 1. The zero-order valence-corrected chi connectivity index (χ0v) is 17.7. The first-order valence-corrected chi connectivity index (χ1v) is 9.14. The van der Waals surface area contributed by atoms with Crippen molar-refractivity contribution in [1.29, 1.82) is 0 Å². The zero-order valence-electron chi connectivity index (χ0n) is 14.6. The molecule has 2 N–H and O–H groups in total. The molecule has 140 valence electrons. The van der Waals surface area contributed by atoms with Crippen LogP contribution in [0.4, 0.5) is 4.39 Å². The third-order valence-corrected chi connectivity index (χ3v) is 5.53. The first kappa shape index (κ1) is 20.7. The van der Waals surface area contributed by atoms with Crippen LogP contribution in [0.15, 0.2) is 23.2 Å². The first-order valence-electron chi connectivity index (χ1n) is 8.76. The minimum atomic E-state index is -0.357. The van der Waals surface area contributed by atoms with Crippen LogP contribution in [0.2, 0.25) is 5.02 Å². The molecule has 3 rings (SSSR count). The zero-order chi connectivity index (χ0) is 17.1. The van der Waals surface area contributed by atoms with Gasteiger partial charge in [0.15, 0.2) is 5.96 Å². The van der Waals surface area contributed by atoms with E-state index in [0.717, 1.165) is 31.6 Å². The number of hydrogen-bond acceptors (Lipinski definition) is 2. The lowest BCUT2D eigenvalue weighted by atomic mass is 9.94. The van der Waals surface area contributed by atoms with E-state index in [1.54, 1.807) is 12.1 Å². The third kappa shape index (κ3) is 4.98. The topological polar surface area (TPSA) is 44.9 Å². The molecule has 0 saturated carbocycles. The van der Waals surface area contributed by atoms with Crippen LogP contribution in [0, 0.1) is 11.7 Å². The average Bonchev–Trinajstić information content (AvgIpc) is 2.96. The van der Waals surface area contributed by atoms with Crippen molar-refractivity contribution >= 4 is 41.5 Å². The Morgan fingerprint density at radius 1 is 1.28 bits per heavy atom. The summed E-state index contributed by atoms with van der Waals surface area (Å²) in [7, 11) is 2.08. The minimum absolute atomic E-state index is 0. The molecule has 2 saturated heterocycles. The standard InChI is InChI=1S/C18H26ClFN4.HI/c1-23-10-7-14(12-22-18(21)24-8-3-2-4-9-24)17(23)13-5-6-15(19)16(20)11-13;/h5-6,11,14,17H,2-4,7-10,12H2,1H3,(H2,21,22);1H. The normalized spacial score (nSPS) is 25.1. The Kier molecular flexibility index (Phi) is 7.76. The number of piperidine rings is 1. The highest BCUT2D eigenvalue weighted by atomic mass is 127. The van der Waals surface area contributed by atoms with Crippen LogP contribution in [0.3, 0.4) is 0 Å². The van der Waals surface area contributed by atoms with Crippen molar-refractivity contribution in [3.63, 3.8) is 0 Å². The van der Waals surface area contributed by atoms with Crippen LogP contribution >= 0.6 is 35.6 Å². The number of benzene rings is 1. The number of halogens is 3. The first-order chi connectivity index (χ1) is 11.6. The molecule has 2 heterocycles. The molecule has 7 heteroatoms. The molecule has 1 aromatic rings. The van der Waals surface area contributed by atoms with E-state index >= 15 is 0 Å². The average molecular weight is 481 g/mol. The fraction of sp³-hybridized carbons (Fsp3) is 0.611. The lowest BCUT2D eigenvalue weighted by Crippen LogP contribution is -2.41. The van der Waals surface area contributed by atoms with Crippen molar-refractivity contribution in [2.24, 2.45) is 16.6 Å². The molecule has 2 aliphatic heterocycles. The summed E-state index contributed by atoms with van der Waals surface area (Å²) >= 11 is 5.82. The van der Waals surface area contributed by atoms with Crippen LogP contribution in [0.1, 0.15) is 37.3 Å². The number of rotatable bonds is 3. The summed E-state index contributed by atoms with van der Waals surface area (Å²) in [5.74, 6) is 0.647. The van der Waals surface area contributed by atoms with E-state index < -0.39 is 0 Å². The van der Waals surface area contributed by atoms with E-state index in [9.17, 15) is 4.39 Å². The number of likely N-dealkylation sites (tertiary alicyclic amines) is 2.